The first-order valence-electron chi connectivity index (χ1n) is 14.3. The van der Waals surface area contributed by atoms with E-state index in [1.54, 1.807) is 6.08 Å². The van der Waals surface area contributed by atoms with Gasteiger partial charge in [-0.2, -0.15) is 0 Å². The van der Waals surface area contributed by atoms with Crippen LogP contribution >= 0.6 is 0 Å². The predicted octanol–water partition coefficient (Wildman–Crippen LogP) is 9.54. The summed E-state index contributed by atoms with van der Waals surface area (Å²) in [6.45, 7) is 3.78. The summed E-state index contributed by atoms with van der Waals surface area (Å²) in [6, 6.07) is 0. The number of hydrogen-bond donors (Lipinski definition) is 2. The van der Waals surface area contributed by atoms with Crippen LogP contribution in [0.3, 0.4) is 0 Å². The highest BCUT2D eigenvalue weighted by Crippen LogP contribution is 2.15. The second-order valence-electron chi connectivity index (χ2n) is 9.85. The highest BCUT2D eigenvalue weighted by atomic mass is 16.4. The van der Waals surface area contributed by atoms with Crippen molar-refractivity contribution in [1.82, 2.24) is 0 Å². The van der Waals surface area contributed by atoms with E-state index in [1.165, 1.54) is 135 Å². The molecule has 0 rings (SSSR count). The first kappa shape index (κ1) is 31.9. The van der Waals surface area contributed by atoms with Crippen LogP contribution in [-0.2, 0) is 4.79 Å². The van der Waals surface area contributed by atoms with Crippen molar-refractivity contribution < 1.29 is 15.0 Å². The van der Waals surface area contributed by atoms with Gasteiger partial charge in [-0.1, -0.05) is 140 Å². The molecule has 0 saturated heterocycles. The lowest BCUT2D eigenvalue weighted by Gasteiger charge is -2.04. The molecule has 0 spiro atoms. The lowest BCUT2D eigenvalue weighted by Crippen LogP contribution is -2.17. The Morgan fingerprint density at radius 2 is 0.848 bits per heavy atom. The average Bonchev–Trinajstić information content (AvgIpc) is 2.81. The summed E-state index contributed by atoms with van der Waals surface area (Å²) in [4.78, 5) is 10.5. The van der Waals surface area contributed by atoms with Crippen molar-refractivity contribution in [2.75, 3.05) is 0 Å². The second kappa shape index (κ2) is 27.2. The average molecular weight is 465 g/mol. The minimum atomic E-state index is -1.26. The van der Waals surface area contributed by atoms with Gasteiger partial charge in [-0.3, -0.25) is 0 Å². The van der Waals surface area contributed by atoms with E-state index in [2.05, 4.69) is 6.58 Å². The Hall–Kier alpha value is -1.09. The lowest BCUT2D eigenvalue weighted by molar-refractivity contribution is -0.146. The molecule has 0 fully saturated rings. The fraction of sp³-hybridized carbons (Fsp3) is 0.833. The van der Waals surface area contributed by atoms with Crippen LogP contribution in [0.4, 0.5) is 0 Å². The number of carboxylic acid groups (broad SMARTS) is 1. The smallest absolute Gasteiger partial charge is 0.332 e. The van der Waals surface area contributed by atoms with Crippen LogP contribution in [0.5, 0.6) is 0 Å². The summed E-state index contributed by atoms with van der Waals surface area (Å²) in [5.74, 6) is -1.14. The molecule has 3 nitrogen and oxygen atoms in total. The van der Waals surface area contributed by atoms with Gasteiger partial charge in [0.25, 0.3) is 0 Å². The van der Waals surface area contributed by atoms with Crippen molar-refractivity contribution in [3.63, 3.8) is 0 Å². The van der Waals surface area contributed by atoms with E-state index in [0.717, 1.165) is 12.8 Å². The summed E-state index contributed by atoms with van der Waals surface area (Å²) in [6.07, 6.45) is 36.1. The third-order valence-electron chi connectivity index (χ3n) is 6.59. The number of aliphatic hydroxyl groups excluding tert-OH is 1. The van der Waals surface area contributed by atoms with Crippen LogP contribution in [0.15, 0.2) is 24.8 Å². The van der Waals surface area contributed by atoms with Gasteiger partial charge >= 0.3 is 5.97 Å². The molecule has 3 heteroatoms. The van der Waals surface area contributed by atoms with Gasteiger partial charge in [-0.15, -0.1) is 6.58 Å². The maximum atomic E-state index is 10.5. The van der Waals surface area contributed by atoms with Gasteiger partial charge < -0.3 is 10.2 Å². The molecule has 1 atom stereocenters. The Balaban J connectivity index is 3.10. The highest BCUT2D eigenvalue weighted by Gasteiger charge is 2.09. The Morgan fingerprint density at radius 3 is 1.15 bits per heavy atom. The molecule has 1 unspecified atom stereocenters. The summed E-state index contributed by atoms with van der Waals surface area (Å²) in [5, 5.41) is 17.8. The molecule has 194 valence electrons. The zero-order valence-corrected chi connectivity index (χ0v) is 21.8. The van der Waals surface area contributed by atoms with Gasteiger partial charge in [-0.25, -0.2) is 4.79 Å². The van der Waals surface area contributed by atoms with Crippen LogP contribution in [0.25, 0.3) is 0 Å². The van der Waals surface area contributed by atoms with E-state index in [0.29, 0.717) is 0 Å². The Morgan fingerprint density at radius 1 is 0.545 bits per heavy atom. The summed E-state index contributed by atoms with van der Waals surface area (Å²) in [7, 11) is 0. The van der Waals surface area contributed by atoms with Crippen molar-refractivity contribution in [1.29, 1.82) is 0 Å². The molecular formula is C30H56O3. The van der Waals surface area contributed by atoms with Crippen molar-refractivity contribution in [2.24, 2.45) is 0 Å². The van der Waals surface area contributed by atoms with Crippen molar-refractivity contribution in [3.05, 3.63) is 24.8 Å². The third-order valence-corrected chi connectivity index (χ3v) is 6.59. The molecular weight excluding hydrogens is 408 g/mol. The summed E-state index contributed by atoms with van der Waals surface area (Å²) < 4.78 is 0. The first-order chi connectivity index (χ1) is 16.2. The number of rotatable bonds is 27. The van der Waals surface area contributed by atoms with Crippen LogP contribution < -0.4 is 0 Å². The monoisotopic (exact) mass is 464 g/mol. The molecule has 0 heterocycles. The molecule has 0 saturated carbocycles. The third kappa shape index (κ3) is 27.0. The quantitative estimate of drug-likeness (QED) is 0.0939. The molecule has 0 amide bonds. The number of carboxylic acids is 1. The Kier molecular flexibility index (Phi) is 26.3. The molecule has 0 aliphatic carbocycles. The van der Waals surface area contributed by atoms with E-state index >= 15 is 0 Å². The highest BCUT2D eigenvalue weighted by molar-refractivity contribution is 5.72. The van der Waals surface area contributed by atoms with Crippen molar-refractivity contribution >= 4 is 5.97 Å². The predicted molar refractivity (Wildman–Crippen MR) is 144 cm³/mol. The van der Waals surface area contributed by atoms with E-state index in [-0.39, 0.29) is 6.42 Å². The van der Waals surface area contributed by atoms with Gasteiger partial charge in [0.1, 0.15) is 0 Å². The topological polar surface area (TPSA) is 57.5 Å². The van der Waals surface area contributed by atoms with E-state index in [9.17, 15) is 4.79 Å². The van der Waals surface area contributed by atoms with Crippen LogP contribution in [0.2, 0.25) is 0 Å². The molecule has 33 heavy (non-hydrogen) atoms. The minimum Gasteiger partial charge on any atom is -0.479 e. The van der Waals surface area contributed by atoms with Crippen LogP contribution in [-0.4, -0.2) is 22.3 Å². The Bertz CT molecular complexity index is 444. The SMILES string of the molecule is C=CCCCCCCCCCCCCCCCCCCCCCCC/C=C/CC(O)C(=O)O. The standard InChI is InChI=1S/C30H56O3/c1-2-3-4-5-6-7-8-9-10-11-12-13-14-15-16-17-18-19-20-21-22-23-24-25-26-27-28-29(31)30(32)33/h2,26-27,29,31H,1,3-25,28H2,(H,32,33)/b27-26+. The molecule has 0 aliphatic heterocycles. The number of hydrogen-bond acceptors (Lipinski definition) is 2. The summed E-state index contributed by atoms with van der Waals surface area (Å²) in [5.41, 5.74) is 0. The maximum Gasteiger partial charge on any atom is 0.332 e. The van der Waals surface area contributed by atoms with Crippen LogP contribution in [0, 0.1) is 0 Å². The zero-order valence-electron chi connectivity index (χ0n) is 21.8. The minimum absolute atomic E-state index is 0.215. The van der Waals surface area contributed by atoms with E-state index in [4.69, 9.17) is 10.2 Å². The van der Waals surface area contributed by atoms with Crippen molar-refractivity contribution in [3.8, 4) is 0 Å². The number of unbranched alkanes of at least 4 members (excludes halogenated alkanes) is 22. The molecule has 0 bridgehead atoms. The lowest BCUT2D eigenvalue weighted by atomic mass is 10.0. The normalized spacial score (nSPS) is 12.4. The number of aliphatic carboxylic acids is 1. The molecule has 2 N–H and O–H groups in total. The molecule has 0 aliphatic rings. The van der Waals surface area contributed by atoms with Gasteiger partial charge in [0.2, 0.25) is 0 Å². The second-order valence-corrected chi connectivity index (χ2v) is 9.85. The van der Waals surface area contributed by atoms with Gasteiger partial charge in [0, 0.05) is 6.42 Å². The van der Waals surface area contributed by atoms with Gasteiger partial charge in [0.05, 0.1) is 0 Å². The summed E-state index contributed by atoms with van der Waals surface area (Å²) >= 11 is 0. The molecule has 0 aromatic rings. The van der Waals surface area contributed by atoms with Gasteiger partial charge in [-0.05, 0) is 25.7 Å². The maximum absolute atomic E-state index is 10.5. The van der Waals surface area contributed by atoms with E-state index < -0.39 is 12.1 Å². The fourth-order valence-electron chi connectivity index (χ4n) is 4.35. The molecule has 0 aromatic carbocycles. The molecule has 0 aromatic heterocycles. The number of allylic oxidation sites excluding steroid dienone is 2. The molecule has 0 radical (unpaired) electrons. The Labute approximate surface area is 206 Å². The largest absolute Gasteiger partial charge is 0.479 e. The van der Waals surface area contributed by atoms with Gasteiger partial charge in [0.15, 0.2) is 6.10 Å². The zero-order chi connectivity index (χ0) is 24.2. The first-order valence-corrected chi connectivity index (χ1v) is 14.3. The van der Waals surface area contributed by atoms with E-state index in [1.807, 2.05) is 12.2 Å². The number of carbonyl (C=O) groups is 1. The number of aliphatic hydroxyl groups is 1. The fourth-order valence-corrected chi connectivity index (χ4v) is 4.35. The van der Waals surface area contributed by atoms with Crippen molar-refractivity contribution in [2.45, 2.75) is 160 Å². The van der Waals surface area contributed by atoms with Crippen LogP contribution in [0.1, 0.15) is 154 Å².